The van der Waals surface area contributed by atoms with Gasteiger partial charge in [-0.05, 0) is 36.8 Å². The molecule has 1 aliphatic rings. The van der Waals surface area contributed by atoms with E-state index in [0.717, 1.165) is 36.3 Å². The minimum absolute atomic E-state index is 0.289. The summed E-state index contributed by atoms with van der Waals surface area (Å²) in [5.74, 6) is 2.55. The van der Waals surface area contributed by atoms with Crippen LogP contribution in [-0.4, -0.2) is 34.1 Å². The minimum Gasteiger partial charge on any atom is -0.497 e. The van der Waals surface area contributed by atoms with Gasteiger partial charge in [0.1, 0.15) is 11.5 Å². The van der Waals surface area contributed by atoms with Gasteiger partial charge in [-0.1, -0.05) is 6.07 Å². The molecule has 1 aliphatic heterocycles. The molecular formula is C14H20O4S. The number of methoxy groups -OCH3 is 2. The van der Waals surface area contributed by atoms with Crippen LogP contribution in [0.25, 0.3) is 0 Å². The first-order valence-electron chi connectivity index (χ1n) is 6.45. The summed E-state index contributed by atoms with van der Waals surface area (Å²) in [6.45, 7) is 0. The van der Waals surface area contributed by atoms with Gasteiger partial charge in [0.15, 0.2) is 9.84 Å². The lowest BCUT2D eigenvalue weighted by atomic mass is 9.98. The third-order valence-electron chi connectivity index (χ3n) is 3.64. The number of hydrogen-bond acceptors (Lipinski definition) is 4. The van der Waals surface area contributed by atoms with Gasteiger partial charge >= 0.3 is 0 Å². The molecule has 0 amide bonds. The van der Waals surface area contributed by atoms with E-state index in [9.17, 15) is 8.42 Å². The maximum atomic E-state index is 11.4. The molecule has 1 saturated heterocycles. The van der Waals surface area contributed by atoms with E-state index in [1.165, 1.54) is 0 Å². The van der Waals surface area contributed by atoms with Gasteiger partial charge in [-0.15, -0.1) is 0 Å². The third kappa shape index (κ3) is 3.62. The molecule has 0 aliphatic carbocycles. The zero-order chi connectivity index (χ0) is 13.9. The Hall–Kier alpha value is -1.23. The van der Waals surface area contributed by atoms with Crippen molar-refractivity contribution in [1.29, 1.82) is 0 Å². The molecule has 0 saturated carbocycles. The second-order valence-corrected chi connectivity index (χ2v) is 7.21. The zero-order valence-corrected chi connectivity index (χ0v) is 12.2. The summed E-state index contributed by atoms with van der Waals surface area (Å²) in [4.78, 5) is 0. The van der Waals surface area contributed by atoms with Gasteiger partial charge in [0, 0.05) is 6.07 Å². The molecule has 1 unspecified atom stereocenters. The van der Waals surface area contributed by atoms with Crippen LogP contribution in [0.4, 0.5) is 0 Å². The second kappa shape index (κ2) is 5.82. The van der Waals surface area contributed by atoms with E-state index in [1.807, 2.05) is 18.2 Å². The van der Waals surface area contributed by atoms with Crippen molar-refractivity contribution in [1.82, 2.24) is 0 Å². The number of aryl methyl sites for hydroxylation is 1. The number of ether oxygens (including phenoxy) is 2. The van der Waals surface area contributed by atoms with E-state index >= 15 is 0 Å². The van der Waals surface area contributed by atoms with Crippen LogP contribution in [0, 0.1) is 5.92 Å². The van der Waals surface area contributed by atoms with E-state index in [1.54, 1.807) is 14.2 Å². The van der Waals surface area contributed by atoms with Gasteiger partial charge in [0.2, 0.25) is 0 Å². The Morgan fingerprint density at radius 3 is 2.63 bits per heavy atom. The van der Waals surface area contributed by atoms with Crippen LogP contribution in [0.5, 0.6) is 11.5 Å². The molecule has 1 heterocycles. The lowest BCUT2D eigenvalue weighted by Gasteiger charge is -2.12. The van der Waals surface area contributed by atoms with Crippen LogP contribution in [-0.2, 0) is 16.3 Å². The van der Waals surface area contributed by atoms with Crippen LogP contribution in [0.15, 0.2) is 18.2 Å². The molecule has 1 aromatic rings. The number of rotatable bonds is 5. The Morgan fingerprint density at radius 1 is 1.26 bits per heavy atom. The fourth-order valence-corrected chi connectivity index (χ4v) is 4.43. The van der Waals surface area contributed by atoms with Crippen LogP contribution in [0.2, 0.25) is 0 Å². The standard InChI is InChI=1S/C14H20O4S/c1-17-13-6-5-12(14(9-13)18-2)4-3-11-7-8-19(15,16)10-11/h5-6,9,11H,3-4,7-8,10H2,1-2H3. The van der Waals surface area contributed by atoms with Gasteiger partial charge in [-0.2, -0.15) is 0 Å². The highest BCUT2D eigenvalue weighted by Crippen LogP contribution is 2.29. The van der Waals surface area contributed by atoms with Crippen molar-refractivity contribution in [2.24, 2.45) is 5.92 Å². The first-order chi connectivity index (χ1) is 9.04. The molecule has 4 nitrogen and oxygen atoms in total. The molecule has 5 heteroatoms. The van der Waals surface area contributed by atoms with E-state index in [-0.39, 0.29) is 5.92 Å². The fraction of sp³-hybridized carbons (Fsp3) is 0.571. The van der Waals surface area contributed by atoms with Gasteiger partial charge < -0.3 is 9.47 Å². The first-order valence-corrected chi connectivity index (χ1v) is 8.27. The van der Waals surface area contributed by atoms with Gasteiger partial charge in [0.25, 0.3) is 0 Å². The monoisotopic (exact) mass is 284 g/mol. The van der Waals surface area contributed by atoms with Crippen molar-refractivity contribution in [3.8, 4) is 11.5 Å². The van der Waals surface area contributed by atoms with Crippen molar-refractivity contribution < 1.29 is 17.9 Å². The molecule has 1 aromatic carbocycles. The smallest absolute Gasteiger partial charge is 0.150 e. The summed E-state index contributed by atoms with van der Waals surface area (Å²) < 4.78 is 33.3. The van der Waals surface area contributed by atoms with Gasteiger partial charge in [0.05, 0.1) is 25.7 Å². The fourth-order valence-electron chi connectivity index (χ4n) is 2.52. The largest absolute Gasteiger partial charge is 0.497 e. The van der Waals surface area contributed by atoms with Gasteiger partial charge in [-0.3, -0.25) is 0 Å². The first kappa shape index (κ1) is 14.2. The van der Waals surface area contributed by atoms with Crippen LogP contribution >= 0.6 is 0 Å². The Bertz CT molecular complexity index is 536. The van der Waals surface area contributed by atoms with Crippen LogP contribution in [0.1, 0.15) is 18.4 Å². The maximum absolute atomic E-state index is 11.4. The van der Waals surface area contributed by atoms with Crippen molar-refractivity contribution in [3.05, 3.63) is 23.8 Å². The summed E-state index contributed by atoms with van der Waals surface area (Å²) in [5, 5.41) is 0. The SMILES string of the molecule is COc1ccc(CCC2CCS(=O)(=O)C2)c(OC)c1. The summed E-state index contributed by atoms with van der Waals surface area (Å²) >= 11 is 0. The Labute approximate surface area is 114 Å². The average Bonchev–Trinajstić information content (AvgIpc) is 2.75. The van der Waals surface area contributed by atoms with E-state index in [4.69, 9.17) is 9.47 Å². The van der Waals surface area contributed by atoms with Crippen molar-refractivity contribution >= 4 is 9.84 Å². The van der Waals surface area contributed by atoms with Crippen molar-refractivity contribution in [3.63, 3.8) is 0 Å². The van der Waals surface area contributed by atoms with Crippen LogP contribution in [0.3, 0.4) is 0 Å². The predicted molar refractivity (Wildman–Crippen MR) is 74.6 cm³/mol. The Kier molecular flexibility index (Phi) is 4.34. The summed E-state index contributed by atoms with van der Waals surface area (Å²) in [5.41, 5.74) is 1.10. The summed E-state index contributed by atoms with van der Waals surface area (Å²) in [7, 11) is 0.483. The summed E-state index contributed by atoms with van der Waals surface area (Å²) in [6.07, 6.45) is 2.52. The quantitative estimate of drug-likeness (QED) is 0.830. The molecule has 1 fully saturated rings. The summed E-state index contributed by atoms with van der Waals surface area (Å²) in [6, 6.07) is 5.76. The van der Waals surface area contributed by atoms with Crippen molar-refractivity contribution in [2.75, 3.05) is 25.7 Å². The zero-order valence-electron chi connectivity index (χ0n) is 11.4. The van der Waals surface area contributed by atoms with E-state index < -0.39 is 9.84 Å². The average molecular weight is 284 g/mol. The van der Waals surface area contributed by atoms with Gasteiger partial charge in [-0.25, -0.2) is 8.42 Å². The van der Waals surface area contributed by atoms with E-state index in [0.29, 0.717) is 11.5 Å². The molecule has 0 aromatic heterocycles. The highest BCUT2D eigenvalue weighted by molar-refractivity contribution is 7.91. The molecule has 2 rings (SSSR count). The van der Waals surface area contributed by atoms with Crippen molar-refractivity contribution in [2.45, 2.75) is 19.3 Å². The highest BCUT2D eigenvalue weighted by Gasteiger charge is 2.27. The molecule has 1 atom stereocenters. The number of benzene rings is 1. The highest BCUT2D eigenvalue weighted by atomic mass is 32.2. The lowest BCUT2D eigenvalue weighted by molar-refractivity contribution is 0.389. The minimum atomic E-state index is -2.78. The topological polar surface area (TPSA) is 52.6 Å². The number of sulfone groups is 1. The maximum Gasteiger partial charge on any atom is 0.150 e. The molecule has 0 spiro atoms. The molecular weight excluding hydrogens is 264 g/mol. The molecule has 0 bridgehead atoms. The molecule has 19 heavy (non-hydrogen) atoms. The molecule has 0 N–H and O–H groups in total. The second-order valence-electron chi connectivity index (χ2n) is 4.99. The van der Waals surface area contributed by atoms with Crippen LogP contribution < -0.4 is 9.47 Å². The predicted octanol–water partition coefficient (Wildman–Crippen LogP) is 2.07. The molecule has 0 radical (unpaired) electrons. The van der Waals surface area contributed by atoms with E-state index in [2.05, 4.69) is 0 Å². The molecule has 106 valence electrons. The third-order valence-corrected chi connectivity index (χ3v) is 5.48. The number of hydrogen-bond donors (Lipinski definition) is 0. The Morgan fingerprint density at radius 2 is 2.05 bits per heavy atom. The lowest BCUT2D eigenvalue weighted by Crippen LogP contribution is -2.06. The normalized spacial score (nSPS) is 21.3. The Balaban J connectivity index is 2.00.